The van der Waals surface area contributed by atoms with Gasteiger partial charge in [0.1, 0.15) is 0 Å². The molecule has 0 atom stereocenters. The number of fused-ring (bicyclic) bond motifs is 1. The first-order chi connectivity index (χ1) is 13.3. The van der Waals surface area contributed by atoms with Gasteiger partial charge < -0.3 is 24.8 Å². The maximum absolute atomic E-state index is 5.96. The Morgan fingerprint density at radius 1 is 1.07 bits per heavy atom. The molecule has 1 fully saturated rings. The zero-order valence-corrected chi connectivity index (χ0v) is 16.5. The average Bonchev–Trinajstić information content (AvgIpc) is 2.96. The first-order valence-corrected chi connectivity index (χ1v) is 10.3. The van der Waals surface area contributed by atoms with Gasteiger partial charge in [0.2, 0.25) is 0 Å². The van der Waals surface area contributed by atoms with Crippen LogP contribution in [-0.4, -0.2) is 45.5 Å². The maximum atomic E-state index is 5.96. The summed E-state index contributed by atoms with van der Waals surface area (Å²) in [6.45, 7) is 3.78. The second kappa shape index (κ2) is 11.0. The molecule has 0 saturated heterocycles. The molecular weight excluding hydrogens is 342 g/mol. The van der Waals surface area contributed by atoms with Crippen molar-refractivity contribution < 1.29 is 14.2 Å². The second-order valence-corrected chi connectivity index (χ2v) is 7.17. The molecule has 150 valence electrons. The van der Waals surface area contributed by atoms with E-state index in [1.54, 1.807) is 7.05 Å². The van der Waals surface area contributed by atoms with Crippen LogP contribution in [-0.2, 0) is 11.3 Å². The Bertz CT molecular complexity index is 600. The monoisotopic (exact) mass is 375 g/mol. The molecular formula is C21H33N3O3. The minimum absolute atomic E-state index is 0.482. The van der Waals surface area contributed by atoms with Gasteiger partial charge >= 0.3 is 0 Å². The van der Waals surface area contributed by atoms with Gasteiger partial charge in [-0.05, 0) is 37.0 Å². The zero-order valence-electron chi connectivity index (χ0n) is 16.5. The van der Waals surface area contributed by atoms with E-state index in [1.165, 1.54) is 32.1 Å². The number of nitrogens with one attached hydrogen (secondary N) is 2. The van der Waals surface area contributed by atoms with Crippen molar-refractivity contribution in [3.63, 3.8) is 0 Å². The van der Waals surface area contributed by atoms with E-state index >= 15 is 0 Å². The summed E-state index contributed by atoms with van der Waals surface area (Å²) < 4.78 is 17.4. The lowest BCUT2D eigenvalue weighted by atomic mass is 9.98. The molecule has 6 nitrogen and oxygen atoms in total. The molecule has 0 radical (unpaired) electrons. The fourth-order valence-electron chi connectivity index (χ4n) is 3.48. The number of guanidine groups is 1. The van der Waals surface area contributed by atoms with Crippen LogP contribution >= 0.6 is 0 Å². The number of benzene rings is 1. The molecule has 1 aliphatic heterocycles. The predicted octanol–water partition coefficient (Wildman–Crippen LogP) is 3.25. The van der Waals surface area contributed by atoms with Crippen molar-refractivity contribution in [1.29, 1.82) is 0 Å². The number of ether oxygens (including phenoxy) is 3. The van der Waals surface area contributed by atoms with Crippen molar-refractivity contribution in [3.05, 3.63) is 23.8 Å². The molecule has 2 aliphatic rings. The molecule has 1 aliphatic carbocycles. The second-order valence-electron chi connectivity index (χ2n) is 7.17. The minimum atomic E-state index is 0.482. The maximum Gasteiger partial charge on any atom is 0.191 e. The fourth-order valence-corrected chi connectivity index (χ4v) is 3.48. The third-order valence-corrected chi connectivity index (χ3v) is 5.01. The molecule has 27 heavy (non-hydrogen) atoms. The number of nitrogens with zero attached hydrogens (tertiary/aromatic N) is 1. The molecule has 0 bridgehead atoms. The lowest BCUT2D eigenvalue weighted by Gasteiger charge is -2.22. The van der Waals surface area contributed by atoms with Gasteiger partial charge in [-0.3, -0.25) is 4.99 Å². The van der Waals surface area contributed by atoms with Gasteiger partial charge in [-0.1, -0.05) is 25.3 Å². The zero-order chi connectivity index (χ0) is 18.7. The third kappa shape index (κ3) is 6.61. The molecule has 0 amide bonds. The van der Waals surface area contributed by atoms with Crippen molar-refractivity contribution in [2.45, 2.75) is 57.6 Å². The number of hydrogen-bond acceptors (Lipinski definition) is 4. The standard InChI is InChI=1S/C21H33N3O3/c1-22-21(23-11-5-12-25-18-7-3-2-4-8-18)24-16-17-9-10-19-20(15-17)27-14-6-13-26-19/h9-10,15,18H,2-8,11-14,16H2,1H3,(H2,22,23,24). The summed E-state index contributed by atoms with van der Waals surface area (Å²) in [4.78, 5) is 4.29. The molecule has 1 saturated carbocycles. The average molecular weight is 376 g/mol. The lowest BCUT2D eigenvalue weighted by molar-refractivity contribution is 0.0277. The van der Waals surface area contributed by atoms with E-state index in [0.29, 0.717) is 25.9 Å². The first-order valence-electron chi connectivity index (χ1n) is 10.3. The van der Waals surface area contributed by atoms with E-state index < -0.39 is 0 Å². The van der Waals surface area contributed by atoms with E-state index in [-0.39, 0.29) is 0 Å². The van der Waals surface area contributed by atoms with Crippen LogP contribution in [0.1, 0.15) is 50.5 Å². The van der Waals surface area contributed by atoms with Crippen molar-refractivity contribution in [3.8, 4) is 11.5 Å². The van der Waals surface area contributed by atoms with Crippen LogP contribution in [0, 0.1) is 0 Å². The summed E-state index contributed by atoms with van der Waals surface area (Å²) >= 11 is 0. The highest BCUT2D eigenvalue weighted by Crippen LogP contribution is 2.30. The molecule has 1 aromatic rings. The van der Waals surface area contributed by atoms with Crippen LogP contribution in [0.15, 0.2) is 23.2 Å². The van der Waals surface area contributed by atoms with Gasteiger partial charge in [-0.25, -0.2) is 0 Å². The van der Waals surface area contributed by atoms with Gasteiger partial charge in [0.25, 0.3) is 0 Å². The van der Waals surface area contributed by atoms with Crippen LogP contribution in [0.25, 0.3) is 0 Å². The quantitative estimate of drug-likeness (QED) is 0.435. The number of aliphatic imine (C=N–C) groups is 1. The van der Waals surface area contributed by atoms with E-state index in [0.717, 1.165) is 49.0 Å². The Labute approximate surface area is 162 Å². The number of rotatable bonds is 7. The van der Waals surface area contributed by atoms with Crippen LogP contribution < -0.4 is 20.1 Å². The number of hydrogen-bond donors (Lipinski definition) is 2. The molecule has 3 rings (SSSR count). The smallest absolute Gasteiger partial charge is 0.191 e. The van der Waals surface area contributed by atoms with Gasteiger partial charge in [0.15, 0.2) is 17.5 Å². The summed E-state index contributed by atoms with van der Waals surface area (Å²) in [5.74, 6) is 2.46. The summed E-state index contributed by atoms with van der Waals surface area (Å²) in [6, 6.07) is 6.08. The van der Waals surface area contributed by atoms with E-state index in [4.69, 9.17) is 14.2 Å². The highest BCUT2D eigenvalue weighted by Gasteiger charge is 2.13. The van der Waals surface area contributed by atoms with Crippen molar-refractivity contribution in [1.82, 2.24) is 10.6 Å². The molecule has 0 spiro atoms. The van der Waals surface area contributed by atoms with Gasteiger partial charge in [0, 0.05) is 33.2 Å². The van der Waals surface area contributed by atoms with Crippen LogP contribution in [0.5, 0.6) is 11.5 Å². The van der Waals surface area contributed by atoms with E-state index in [2.05, 4.69) is 21.7 Å². The minimum Gasteiger partial charge on any atom is -0.490 e. The topological polar surface area (TPSA) is 64.1 Å². The molecule has 6 heteroatoms. The van der Waals surface area contributed by atoms with Gasteiger partial charge in [-0.2, -0.15) is 0 Å². The highest BCUT2D eigenvalue weighted by atomic mass is 16.5. The molecule has 0 aromatic heterocycles. The molecule has 0 unspecified atom stereocenters. The third-order valence-electron chi connectivity index (χ3n) is 5.01. The summed E-state index contributed by atoms with van der Waals surface area (Å²) in [7, 11) is 1.79. The SMILES string of the molecule is CN=C(NCCCOC1CCCCC1)NCc1ccc2c(c1)OCCCO2. The van der Waals surface area contributed by atoms with Gasteiger partial charge in [-0.15, -0.1) is 0 Å². The summed E-state index contributed by atoms with van der Waals surface area (Å²) in [5.41, 5.74) is 1.14. The molecule has 1 aromatic carbocycles. The largest absolute Gasteiger partial charge is 0.490 e. The van der Waals surface area contributed by atoms with Crippen molar-refractivity contribution in [2.75, 3.05) is 33.4 Å². The van der Waals surface area contributed by atoms with Crippen LogP contribution in [0.4, 0.5) is 0 Å². The van der Waals surface area contributed by atoms with E-state index in [1.807, 2.05) is 12.1 Å². The Morgan fingerprint density at radius 2 is 1.89 bits per heavy atom. The van der Waals surface area contributed by atoms with Crippen LogP contribution in [0.3, 0.4) is 0 Å². The summed E-state index contributed by atoms with van der Waals surface area (Å²) in [6.07, 6.45) is 8.85. The Balaban J connectivity index is 1.34. The summed E-state index contributed by atoms with van der Waals surface area (Å²) in [5, 5.41) is 6.70. The van der Waals surface area contributed by atoms with Crippen LogP contribution in [0.2, 0.25) is 0 Å². The normalized spacial score (nSPS) is 18.0. The predicted molar refractivity (Wildman–Crippen MR) is 108 cm³/mol. The Hall–Kier alpha value is -1.95. The molecule has 1 heterocycles. The van der Waals surface area contributed by atoms with Crippen molar-refractivity contribution in [2.24, 2.45) is 4.99 Å². The Kier molecular flexibility index (Phi) is 8.08. The highest BCUT2D eigenvalue weighted by molar-refractivity contribution is 5.79. The Morgan fingerprint density at radius 3 is 2.70 bits per heavy atom. The molecule has 2 N–H and O–H groups in total. The fraction of sp³-hybridized carbons (Fsp3) is 0.667. The first kappa shape index (κ1) is 19.8. The van der Waals surface area contributed by atoms with Crippen molar-refractivity contribution >= 4 is 5.96 Å². The lowest BCUT2D eigenvalue weighted by Crippen LogP contribution is -2.37. The van der Waals surface area contributed by atoms with Gasteiger partial charge in [0.05, 0.1) is 19.3 Å². The van der Waals surface area contributed by atoms with E-state index in [9.17, 15) is 0 Å².